The number of benzene rings is 2. The Morgan fingerprint density at radius 1 is 1.05 bits per heavy atom. The molecule has 3 rings (SSSR count). The second-order valence-electron chi connectivity index (χ2n) is 5.47. The van der Waals surface area contributed by atoms with Crippen LogP contribution in [0.3, 0.4) is 0 Å². The first-order chi connectivity index (χ1) is 10.1. The molecular formula is C17H18BrNO2. The van der Waals surface area contributed by atoms with Crippen LogP contribution in [0.4, 0.5) is 0 Å². The van der Waals surface area contributed by atoms with Crippen LogP contribution in [0.5, 0.6) is 11.5 Å². The lowest BCUT2D eigenvalue weighted by molar-refractivity contribution is 0.228. The van der Waals surface area contributed by atoms with Gasteiger partial charge in [-0.15, -0.1) is 0 Å². The van der Waals surface area contributed by atoms with Gasteiger partial charge in [0.05, 0.1) is 19.3 Å². The Labute approximate surface area is 133 Å². The van der Waals surface area contributed by atoms with E-state index in [0.29, 0.717) is 19.1 Å². The molecule has 2 atom stereocenters. The van der Waals surface area contributed by atoms with Crippen molar-refractivity contribution < 1.29 is 9.47 Å². The SMILES string of the molecule is CC1COc2ccc(C(N)c3cccc(Br)c3)cc2OC1. The van der Waals surface area contributed by atoms with Crippen molar-refractivity contribution >= 4 is 15.9 Å². The largest absolute Gasteiger partial charge is 0.489 e. The molecule has 4 heteroatoms. The van der Waals surface area contributed by atoms with Gasteiger partial charge in [0.1, 0.15) is 0 Å². The van der Waals surface area contributed by atoms with Crippen LogP contribution in [0.2, 0.25) is 0 Å². The summed E-state index contributed by atoms with van der Waals surface area (Å²) in [5, 5.41) is 0. The van der Waals surface area contributed by atoms with Gasteiger partial charge in [-0.05, 0) is 35.4 Å². The lowest BCUT2D eigenvalue weighted by Crippen LogP contribution is -2.12. The van der Waals surface area contributed by atoms with Gasteiger partial charge in [0.15, 0.2) is 11.5 Å². The number of halogens is 1. The smallest absolute Gasteiger partial charge is 0.161 e. The first-order valence-corrected chi connectivity index (χ1v) is 7.83. The van der Waals surface area contributed by atoms with E-state index in [1.54, 1.807) is 0 Å². The van der Waals surface area contributed by atoms with E-state index in [4.69, 9.17) is 15.2 Å². The zero-order valence-corrected chi connectivity index (χ0v) is 13.5. The van der Waals surface area contributed by atoms with Crippen LogP contribution >= 0.6 is 15.9 Å². The molecule has 2 unspecified atom stereocenters. The minimum atomic E-state index is -0.183. The molecule has 0 amide bonds. The molecule has 3 nitrogen and oxygen atoms in total. The highest BCUT2D eigenvalue weighted by atomic mass is 79.9. The Balaban J connectivity index is 1.90. The second-order valence-corrected chi connectivity index (χ2v) is 6.38. The van der Waals surface area contributed by atoms with Gasteiger partial charge in [0.25, 0.3) is 0 Å². The molecule has 21 heavy (non-hydrogen) atoms. The van der Waals surface area contributed by atoms with Gasteiger partial charge >= 0.3 is 0 Å². The van der Waals surface area contributed by atoms with Crippen molar-refractivity contribution in [3.8, 4) is 11.5 Å². The van der Waals surface area contributed by atoms with Gasteiger partial charge in [-0.25, -0.2) is 0 Å². The van der Waals surface area contributed by atoms with Crippen LogP contribution in [0.1, 0.15) is 24.1 Å². The minimum absolute atomic E-state index is 0.183. The predicted molar refractivity (Wildman–Crippen MR) is 86.8 cm³/mol. The molecule has 2 aromatic carbocycles. The molecule has 1 aliphatic rings. The third-order valence-electron chi connectivity index (χ3n) is 3.58. The minimum Gasteiger partial charge on any atom is -0.489 e. The van der Waals surface area contributed by atoms with Crippen LogP contribution in [0, 0.1) is 5.92 Å². The molecule has 1 aliphatic heterocycles. The molecule has 1 heterocycles. The van der Waals surface area contributed by atoms with Crippen LogP contribution in [0.15, 0.2) is 46.9 Å². The molecule has 2 aromatic rings. The van der Waals surface area contributed by atoms with Crippen LogP contribution < -0.4 is 15.2 Å². The number of rotatable bonds is 2. The fraction of sp³-hybridized carbons (Fsp3) is 0.294. The van der Waals surface area contributed by atoms with E-state index in [-0.39, 0.29) is 6.04 Å². The maximum absolute atomic E-state index is 6.37. The number of hydrogen-bond acceptors (Lipinski definition) is 3. The summed E-state index contributed by atoms with van der Waals surface area (Å²) in [4.78, 5) is 0. The summed E-state index contributed by atoms with van der Waals surface area (Å²) in [5.41, 5.74) is 8.45. The van der Waals surface area contributed by atoms with Gasteiger partial charge in [-0.3, -0.25) is 0 Å². The van der Waals surface area contributed by atoms with E-state index >= 15 is 0 Å². The zero-order chi connectivity index (χ0) is 14.8. The first-order valence-electron chi connectivity index (χ1n) is 7.04. The second kappa shape index (κ2) is 6.08. The number of fused-ring (bicyclic) bond motifs is 1. The summed E-state index contributed by atoms with van der Waals surface area (Å²) in [7, 11) is 0. The van der Waals surface area contributed by atoms with Gasteiger partial charge < -0.3 is 15.2 Å². The van der Waals surface area contributed by atoms with Gasteiger partial charge in [-0.2, -0.15) is 0 Å². The Bertz CT molecular complexity index is 644. The molecule has 0 radical (unpaired) electrons. The lowest BCUT2D eigenvalue weighted by atomic mass is 9.99. The molecule has 0 aromatic heterocycles. The van der Waals surface area contributed by atoms with E-state index in [0.717, 1.165) is 27.1 Å². The number of hydrogen-bond donors (Lipinski definition) is 1. The van der Waals surface area contributed by atoms with Crippen molar-refractivity contribution in [1.29, 1.82) is 0 Å². The molecule has 0 saturated carbocycles. The van der Waals surface area contributed by atoms with Crippen molar-refractivity contribution in [2.24, 2.45) is 11.7 Å². The van der Waals surface area contributed by atoms with E-state index in [1.165, 1.54) is 0 Å². The van der Waals surface area contributed by atoms with Gasteiger partial charge in [0, 0.05) is 10.4 Å². The molecule has 0 aliphatic carbocycles. The Hall–Kier alpha value is -1.52. The van der Waals surface area contributed by atoms with E-state index in [2.05, 4.69) is 22.9 Å². The summed E-state index contributed by atoms with van der Waals surface area (Å²) in [6, 6.07) is 13.8. The average molecular weight is 348 g/mol. The van der Waals surface area contributed by atoms with Crippen molar-refractivity contribution in [2.45, 2.75) is 13.0 Å². The number of nitrogens with two attached hydrogens (primary N) is 1. The standard InChI is InChI=1S/C17H18BrNO2/c1-11-9-20-15-6-5-13(8-16(15)21-10-11)17(19)12-3-2-4-14(18)7-12/h2-8,11,17H,9-10,19H2,1H3. The average Bonchev–Trinajstić information content (AvgIpc) is 2.68. The van der Waals surface area contributed by atoms with Crippen molar-refractivity contribution in [1.82, 2.24) is 0 Å². The fourth-order valence-corrected chi connectivity index (χ4v) is 2.77. The maximum atomic E-state index is 6.37. The highest BCUT2D eigenvalue weighted by molar-refractivity contribution is 9.10. The molecule has 0 bridgehead atoms. The molecule has 110 valence electrons. The van der Waals surface area contributed by atoms with Crippen molar-refractivity contribution in [2.75, 3.05) is 13.2 Å². The lowest BCUT2D eigenvalue weighted by Gasteiger charge is -2.15. The third kappa shape index (κ3) is 3.22. The molecule has 0 fully saturated rings. The van der Waals surface area contributed by atoms with E-state index in [1.807, 2.05) is 42.5 Å². The molecule has 0 spiro atoms. The summed E-state index contributed by atoms with van der Waals surface area (Å²) in [5.74, 6) is 1.96. The van der Waals surface area contributed by atoms with E-state index < -0.39 is 0 Å². The highest BCUT2D eigenvalue weighted by Gasteiger charge is 2.17. The summed E-state index contributed by atoms with van der Waals surface area (Å²) in [6.07, 6.45) is 0. The summed E-state index contributed by atoms with van der Waals surface area (Å²) >= 11 is 3.48. The fourth-order valence-electron chi connectivity index (χ4n) is 2.35. The third-order valence-corrected chi connectivity index (χ3v) is 4.07. The molecule has 0 saturated heterocycles. The van der Waals surface area contributed by atoms with Crippen LogP contribution in [-0.4, -0.2) is 13.2 Å². The van der Waals surface area contributed by atoms with Crippen LogP contribution in [-0.2, 0) is 0 Å². The topological polar surface area (TPSA) is 44.5 Å². The van der Waals surface area contributed by atoms with Crippen LogP contribution in [0.25, 0.3) is 0 Å². The predicted octanol–water partition coefficient (Wildman–Crippen LogP) is 3.90. The Morgan fingerprint density at radius 2 is 1.76 bits per heavy atom. The highest BCUT2D eigenvalue weighted by Crippen LogP contribution is 2.34. The molecular weight excluding hydrogens is 330 g/mol. The monoisotopic (exact) mass is 347 g/mol. The molecule has 2 N–H and O–H groups in total. The Kier molecular flexibility index (Phi) is 4.17. The normalized spacial score (nSPS) is 18.9. The quantitative estimate of drug-likeness (QED) is 0.895. The Morgan fingerprint density at radius 3 is 2.52 bits per heavy atom. The maximum Gasteiger partial charge on any atom is 0.161 e. The van der Waals surface area contributed by atoms with Gasteiger partial charge in [0.2, 0.25) is 0 Å². The van der Waals surface area contributed by atoms with Gasteiger partial charge in [-0.1, -0.05) is 41.1 Å². The zero-order valence-electron chi connectivity index (χ0n) is 11.9. The summed E-state index contributed by atoms with van der Waals surface area (Å²) in [6.45, 7) is 3.46. The van der Waals surface area contributed by atoms with Crippen molar-refractivity contribution in [3.63, 3.8) is 0 Å². The first kappa shape index (κ1) is 14.4. The summed E-state index contributed by atoms with van der Waals surface area (Å²) < 4.78 is 12.6. The van der Waals surface area contributed by atoms with Crippen molar-refractivity contribution in [3.05, 3.63) is 58.1 Å². The number of ether oxygens (including phenoxy) is 2. The van der Waals surface area contributed by atoms with E-state index in [9.17, 15) is 0 Å².